The third-order valence-electron chi connectivity index (χ3n) is 10.5. The van der Waals surface area contributed by atoms with Crippen molar-refractivity contribution >= 4 is 65.3 Å². The Morgan fingerprint density at radius 2 is 1.00 bits per heavy atom. The lowest BCUT2D eigenvalue weighted by Crippen LogP contribution is -2.04. The first-order valence-corrected chi connectivity index (χ1v) is 17.7. The largest absolute Gasteiger partial charge is 0.309 e. The number of para-hydroxylation sites is 4. The van der Waals surface area contributed by atoms with Crippen LogP contribution in [0.2, 0.25) is 0 Å². The van der Waals surface area contributed by atoms with Crippen LogP contribution in [-0.2, 0) is 0 Å². The van der Waals surface area contributed by atoms with Crippen molar-refractivity contribution in [1.29, 1.82) is 0 Å². The van der Waals surface area contributed by atoms with Gasteiger partial charge in [0.15, 0.2) is 0 Å². The molecule has 0 aliphatic rings. The molecule has 52 heavy (non-hydrogen) atoms. The third-order valence-corrected chi connectivity index (χ3v) is 10.5. The summed E-state index contributed by atoms with van der Waals surface area (Å²) in [5.41, 5.74) is 10.7. The van der Waals surface area contributed by atoms with Gasteiger partial charge in [-0.05, 0) is 70.4 Å². The van der Waals surface area contributed by atoms with Crippen LogP contribution < -0.4 is 0 Å². The highest BCUT2D eigenvalue weighted by Crippen LogP contribution is 2.41. The van der Waals surface area contributed by atoms with Gasteiger partial charge >= 0.3 is 0 Å². The van der Waals surface area contributed by atoms with E-state index in [0.717, 1.165) is 61.0 Å². The summed E-state index contributed by atoms with van der Waals surface area (Å²) in [6.45, 7) is 0. The summed E-state index contributed by atoms with van der Waals surface area (Å²) in [7, 11) is 0. The smallest absolute Gasteiger partial charge is 0.235 e. The molecule has 0 amide bonds. The van der Waals surface area contributed by atoms with Crippen molar-refractivity contribution in [2.75, 3.05) is 0 Å². The molecular formula is C48H30N4. The van der Waals surface area contributed by atoms with E-state index in [1.54, 1.807) is 0 Å². The number of aromatic nitrogens is 4. The SMILES string of the molecule is c1ccc(-c2ccc3nc(-n4c5ccccc5c5cc6ccccc6cc54)nc(-c4cccc5c6ccccc6n(-c6ccccc6)c45)c3c2)cc1. The summed E-state index contributed by atoms with van der Waals surface area (Å²) in [6, 6.07) is 64.9. The van der Waals surface area contributed by atoms with Crippen molar-refractivity contribution in [2.24, 2.45) is 0 Å². The minimum absolute atomic E-state index is 0.649. The molecule has 0 fully saturated rings. The molecular weight excluding hydrogens is 633 g/mol. The zero-order valence-electron chi connectivity index (χ0n) is 28.1. The number of hydrogen-bond donors (Lipinski definition) is 0. The second-order valence-corrected chi connectivity index (χ2v) is 13.4. The number of benzene rings is 8. The Hall–Kier alpha value is -7.04. The lowest BCUT2D eigenvalue weighted by Gasteiger charge is -2.15. The van der Waals surface area contributed by atoms with Crippen LogP contribution in [0.25, 0.3) is 99.3 Å². The van der Waals surface area contributed by atoms with Gasteiger partial charge in [0.1, 0.15) is 0 Å². The molecule has 242 valence electrons. The highest BCUT2D eigenvalue weighted by atomic mass is 15.2. The van der Waals surface area contributed by atoms with Crippen molar-refractivity contribution in [1.82, 2.24) is 19.1 Å². The molecule has 0 spiro atoms. The second kappa shape index (κ2) is 11.2. The zero-order valence-corrected chi connectivity index (χ0v) is 28.1. The molecule has 3 aromatic heterocycles. The molecule has 0 N–H and O–H groups in total. The lowest BCUT2D eigenvalue weighted by molar-refractivity contribution is 1.01. The van der Waals surface area contributed by atoms with Crippen molar-refractivity contribution in [3.05, 3.63) is 182 Å². The van der Waals surface area contributed by atoms with E-state index in [1.807, 2.05) is 0 Å². The first kappa shape index (κ1) is 28.8. The van der Waals surface area contributed by atoms with Crippen LogP contribution in [-0.4, -0.2) is 19.1 Å². The van der Waals surface area contributed by atoms with Crippen LogP contribution in [0.3, 0.4) is 0 Å². The summed E-state index contributed by atoms with van der Waals surface area (Å²) < 4.78 is 4.64. The molecule has 0 saturated heterocycles. The number of nitrogens with zero attached hydrogens (tertiary/aromatic N) is 4. The molecule has 0 radical (unpaired) electrons. The summed E-state index contributed by atoms with van der Waals surface area (Å²) >= 11 is 0. The van der Waals surface area contributed by atoms with Crippen molar-refractivity contribution in [3.8, 4) is 34.0 Å². The average molecular weight is 663 g/mol. The van der Waals surface area contributed by atoms with Crippen LogP contribution >= 0.6 is 0 Å². The molecule has 0 aliphatic carbocycles. The Morgan fingerprint density at radius 3 is 1.79 bits per heavy atom. The molecule has 0 saturated carbocycles. The molecule has 4 nitrogen and oxygen atoms in total. The summed E-state index contributed by atoms with van der Waals surface area (Å²) in [5, 5.41) is 8.17. The molecule has 11 rings (SSSR count). The first-order valence-electron chi connectivity index (χ1n) is 17.7. The molecule has 0 unspecified atom stereocenters. The van der Waals surface area contributed by atoms with E-state index in [2.05, 4.69) is 191 Å². The van der Waals surface area contributed by atoms with E-state index in [9.17, 15) is 0 Å². The van der Waals surface area contributed by atoms with Gasteiger partial charge in [0, 0.05) is 38.2 Å². The number of rotatable bonds is 4. The van der Waals surface area contributed by atoms with E-state index in [1.165, 1.54) is 32.3 Å². The van der Waals surface area contributed by atoms with Gasteiger partial charge in [0.2, 0.25) is 5.95 Å². The predicted molar refractivity (Wildman–Crippen MR) is 217 cm³/mol. The first-order chi connectivity index (χ1) is 25.8. The molecule has 0 bridgehead atoms. The van der Waals surface area contributed by atoms with Crippen molar-refractivity contribution in [2.45, 2.75) is 0 Å². The van der Waals surface area contributed by atoms with Gasteiger partial charge in [-0.15, -0.1) is 0 Å². The Balaban J connectivity index is 1.29. The fourth-order valence-electron chi connectivity index (χ4n) is 8.16. The second-order valence-electron chi connectivity index (χ2n) is 13.4. The van der Waals surface area contributed by atoms with Gasteiger partial charge in [0.25, 0.3) is 0 Å². The molecule has 0 aliphatic heterocycles. The molecule has 8 aromatic carbocycles. The Labute approximate surface area is 299 Å². The van der Waals surface area contributed by atoms with Crippen LogP contribution in [0.1, 0.15) is 0 Å². The number of hydrogen-bond acceptors (Lipinski definition) is 2. The van der Waals surface area contributed by atoms with Gasteiger partial charge < -0.3 is 4.57 Å². The Bertz CT molecular complexity index is 3170. The average Bonchev–Trinajstić information content (AvgIpc) is 3.72. The van der Waals surface area contributed by atoms with Gasteiger partial charge in [-0.2, -0.15) is 0 Å². The van der Waals surface area contributed by atoms with Gasteiger partial charge in [-0.1, -0.05) is 133 Å². The van der Waals surface area contributed by atoms with E-state index in [0.29, 0.717) is 5.95 Å². The summed E-state index contributed by atoms with van der Waals surface area (Å²) in [5.74, 6) is 0.649. The van der Waals surface area contributed by atoms with Crippen molar-refractivity contribution < 1.29 is 0 Å². The molecule has 11 aromatic rings. The number of fused-ring (bicyclic) bond motifs is 8. The standard InChI is InChI=1S/C48H30N4/c1-3-14-31(15-4-1)34-26-27-42-41(29-34)46(39-23-13-22-38-36-20-9-11-24-43(36)51(47(38)39)35-18-5-2-6-19-35)50-48(49-42)52-44-25-12-10-21-37(44)40-28-32-16-7-8-17-33(32)30-45(40)52/h1-30H. The Kier molecular flexibility index (Phi) is 6.22. The molecule has 3 heterocycles. The fourth-order valence-corrected chi connectivity index (χ4v) is 8.16. The maximum absolute atomic E-state index is 5.62. The predicted octanol–water partition coefficient (Wildman–Crippen LogP) is 12.3. The third kappa shape index (κ3) is 4.28. The van der Waals surface area contributed by atoms with E-state index in [4.69, 9.17) is 9.97 Å². The van der Waals surface area contributed by atoms with E-state index >= 15 is 0 Å². The van der Waals surface area contributed by atoms with Crippen LogP contribution in [0, 0.1) is 0 Å². The van der Waals surface area contributed by atoms with Crippen LogP contribution in [0.4, 0.5) is 0 Å². The van der Waals surface area contributed by atoms with Gasteiger partial charge in [0.05, 0.1) is 33.3 Å². The molecule has 0 atom stereocenters. The van der Waals surface area contributed by atoms with Gasteiger partial charge in [-0.3, -0.25) is 4.57 Å². The van der Waals surface area contributed by atoms with Gasteiger partial charge in [-0.25, -0.2) is 9.97 Å². The molecule has 4 heteroatoms. The zero-order chi connectivity index (χ0) is 34.2. The normalized spacial score (nSPS) is 11.8. The van der Waals surface area contributed by atoms with Crippen LogP contribution in [0.15, 0.2) is 182 Å². The maximum atomic E-state index is 5.62. The van der Waals surface area contributed by atoms with Crippen LogP contribution in [0.5, 0.6) is 0 Å². The maximum Gasteiger partial charge on any atom is 0.235 e. The summed E-state index contributed by atoms with van der Waals surface area (Å²) in [4.78, 5) is 11.0. The minimum atomic E-state index is 0.649. The highest BCUT2D eigenvalue weighted by molar-refractivity contribution is 6.16. The Morgan fingerprint density at radius 1 is 0.365 bits per heavy atom. The fraction of sp³-hybridized carbons (Fsp3) is 0. The highest BCUT2D eigenvalue weighted by Gasteiger charge is 2.22. The van der Waals surface area contributed by atoms with E-state index in [-0.39, 0.29) is 0 Å². The van der Waals surface area contributed by atoms with E-state index < -0.39 is 0 Å². The quantitative estimate of drug-likeness (QED) is 0.188. The minimum Gasteiger partial charge on any atom is -0.309 e. The lowest BCUT2D eigenvalue weighted by atomic mass is 9.99. The van der Waals surface area contributed by atoms with Crippen molar-refractivity contribution in [3.63, 3.8) is 0 Å². The monoisotopic (exact) mass is 662 g/mol. The topological polar surface area (TPSA) is 35.6 Å². The summed E-state index contributed by atoms with van der Waals surface area (Å²) in [6.07, 6.45) is 0.